The molecule has 0 saturated heterocycles. The normalized spacial score (nSPS) is 12.0. The van der Waals surface area contributed by atoms with Crippen molar-refractivity contribution in [3.05, 3.63) is 198 Å². The molecule has 0 spiro atoms. The number of benzene rings is 3. The standard InChI is InChI=1S/3C16H13N3O2S/c1-12-7-8-15(18-10-12)22(20,21)19-11-14-5-2-4-13-6-3-9-17-16(13)14;1-12-5-6-16(18-9-12)22(20,21)19-11-14-4-2-3-13-10-17-8-7-15(13)14;1-12-6-7-16(18-8-12)22(20,21)19-11-14-10-17-9-13-4-2-3-5-15(13)14/h3*2-11H,1H3. The van der Waals surface area contributed by atoms with Crippen LogP contribution in [0.3, 0.4) is 0 Å². The van der Waals surface area contributed by atoms with Crippen molar-refractivity contribution in [3.8, 4) is 0 Å². The molecular formula is C48H39N9O6S3. The van der Waals surface area contributed by atoms with Crippen LogP contribution in [0.1, 0.15) is 33.4 Å². The van der Waals surface area contributed by atoms with Gasteiger partial charge in [-0.25, -0.2) is 15.0 Å². The molecule has 66 heavy (non-hydrogen) atoms. The van der Waals surface area contributed by atoms with Gasteiger partial charge in [0.05, 0.1) is 5.52 Å². The van der Waals surface area contributed by atoms with Gasteiger partial charge in [0.25, 0.3) is 30.1 Å². The van der Waals surface area contributed by atoms with Gasteiger partial charge in [0.2, 0.25) is 0 Å². The monoisotopic (exact) mass is 933 g/mol. The molecule has 0 N–H and O–H groups in total. The van der Waals surface area contributed by atoms with E-state index in [9.17, 15) is 25.3 Å². The molecule has 3 aromatic carbocycles. The molecular weight excluding hydrogens is 895 g/mol. The largest absolute Gasteiger partial charge is 0.299 e. The van der Waals surface area contributed by atoms with Crippen LogP contribution in [0.4, 0.5) is 0 Å². The van der Waals surface area contributed by atoms with Crippen molar-refractivity contribution >= 4 is 81.2 Å². The van der Waals surface area contributed by atoms with Crippen LogP contribution in [0.5, 0.6) is 0 Å². The number of fused-ring (bicyclic) bond motifs is 3. The molecule has 9 rings (SSSR count). The van der Waals surface area contributed by atoms with Crippen molar-refractivity contribution in [2.45, 2.75) is 35.8 Å². The van der Waals surface area contributed by atoms with Gasteiger partial charge in [-0.3, -0.25) is 15.0 Å². The second kappa shape index (κ2) is 20.4. The zero-order chi connectivity index (χ0) is 46.7. The lowest BCUT2D eigenvalue weighted by atomic mass is 10.1. The van der Waals surface area contributed by atoms with Gasteiger partial charge in [0.15, 0.2) is 15.1 Å². The number of nitrogens with zero attached hydrogens (tertiary/aromatic N) is 9. The molecule has 0 radical (unpaired) electrons. The number of pyridine rings is 6. The zero-order valence-corrected chi connectivity index (χ0v) is 38.0. The summed E-state index contributed by atoms with van der Waals surface area (Å²) in [7, 11) is -11.4. The molecule has 330 valence electrons. The zero-order valence-electron chi connectivity index (χ0n) is 35.5. The highest BCUT2D eigenvalue weighted by atomic mass is 32.2. The summed E-state index contributed by atoms with van der Waals surface area (Å²) in [5.41, 5.74) is 5.39. The van der Waals surface area contributed by atoms with E-state index in [2.05, 4.69) is 43.1 Å². The second-order valence-electron chi connectivity index (χ2n) is 14.5. The molecule has 15 nitrogen and oxygen atoms in total. The molecule has 0 unspecified atom stereocenters. The minimum absolute atomic E-state index is 0.0590. The molecule has 9 aromatic rings. The molecule has 0 aliphatic carbocycles. The Labute approximate surface area is 381 Å². The second-order valence-corrected chi connectivity index (χ2v) is 19.2. The highest BCUT2D eigenvalue weighted by molar-refractivity contribution is 7.90. The lowest BCUT2D eigenvalue weighted by molar-refractivity contribution is 0.592. The summed E-state index contributed by atoms with van der Waals surface area (Å²) >= 11 is 0. The van der Waals surface area contributed by atoms with Crippen molar-refractivity contribution in [1.29, 1.82) is 0 Å². The van der Waals surface area contributed by atoms with Gasteiger partial charge >= 0.3 is 0 Å². The van der Waals surface area contributed by atoms with Gasteiger partial charge in [-0.05, 0) is 78.6 Å². The fourth-order valence-corrected chi connectivity index (χ4v) is 8.45. The van der Waals surface area contributed by atoms with Crippen LogP contribution in [0.15, 0.2) is 193 Å². The first-order valence-electron chi connectivity index (χ1n) is 19.9. The smallest absolute Gasteiger partial charge is 0.264 e. The van der Waals surface area contributed by atoms with E-state index in [0.29, 0.717) is 16.6 Å². The SMILES string of the molecule is Cc1ccc(S(=O)(=O)N=Cc2cccc3cccnc23)nc1.Cc1ccc(S(=O)(=O)N=Cc2cccc3cnccc23)nc1.Cc1ccc(S(=O)(=O)N=Cc2cncc3ccccc23)nc1. The Balaban J connectivity index is 0.000000147. The average Bonchev–Trinajstić information content (AvgIpc) is 3.33. The van der Waals surface area contributed by atoms with E-state index in [1.165, 1.54) is 55.4 Å². The molecule has 0 fully saturated rings. The number of para-hydroxylation sites is 1. The topological polar surface area (TPSA) is 217 Å². The Kier molecular flexibility index (Phi) is 14.3. The van der Waals surface area contributed by atoms with Crippen LogP contribution in [-0.4, -0.2) is 73.8 Å². The summed E-state index contributed by atoms with van der Waals surface area (Å²) in [5.74, 6) is 0. The van der Waals surface area contributed by atoms with Crippen LogP contribution < -0.4 is 0 Å². The minimum atomic E-state index is -3.81. The molecule has 18 heteroatoms. The minimum Gasteiger partial charge on any atom is -0.264 e. The van der Waals surface area contributed by atoms with Crippen molar-refractivity contribution in [2.24, 2.45) is 13.2 Å². The third kappa shape index (κ3) is 11.7. The molecule has 6 heterocycles. The number of hydrogen-bond acceptors (Lipinski definition) is 12. The van der Waals surface area contributed by atoms with E-state index in [1.807, 2.05) is 93.6 Å². The fourth-order valence-electron chi connectivity index (χ4n) is 6.10. The Hall–Kier alpha value is -7.80. The van der Waals surface area contributed by atoms with Crippen LogP contribution in [0.2, 0.25) is 0 Å². The number of aromatic nitrogens is 6. The Morgan fingerprint density at radius 2 is 0.833 bits per heavy atom. The third-order valence-electron chi connectivity index (χ3n) is 9.51. The van der Waals surface area contributed by atoms with E-state index in [-0.39, 0.29) is 15.1 Å². The van der Waals surface area contributed by atoms with E-state index in [4.69, 9.17) is 0 Å². The maximum atomic E-state index is 12.2. The summed E-state index contributed by atoms with van der Waals surface area (Å²) in [6.45, 7) is 5.53. The number of aryl methyl sites for hydroxylation is 3. The lowest BCUT2D eigenvalue weighted by Gasteiger charge is -2.01. The van der Waals surface area contributed by atoms with Gasteiger partial charge in [-0.15, -0.1) is 0 Å². The average molecular weight is 934 g/mol. The van der Waals surface area contributed by atoms with E-state index in [1.54, 1.807) is 55.2 Å². The number of rotatable bonds is 9. The van der Waals surface area contributed by atoms with Gasteiger partial charge < -0.3 is 0 Å². The van der Waals surface area contributed by atoms with Crippen LogP contribution in [0, 0.1) is 20.8 Å². The third-order valence-corrected chi connectivity index (χ3v) is 13.0. The predicted octanol–water partition coefficient (Wildman–Crippen LogP) is 8.24. The Morgan fingerprint density at radius 3 is 1.39 bits per heavy atom. The molecule has 6 aromatic heterocycles. The first kappa shape index (κ1) is 46.2. The molecule has 0 aliphatic rings. The van der Waals surface area contributed by atoms with Crippen molar-refractivity contribution in [2.75, 3.05) is 0 Å². The predicted molar refractivity (Wildman–Crippen MR) is 256 cm³/mol. The van der Waals surface area contributed by atoms with Crippen molar-refractivity contribution in [3.63, 3.8) is 0 Å². The molecule has 0 saturated carbocycles. The number of hydrogen-bond donors (Lipinski definition) is 0. The van der Waals surface area contributed by atoms with Crippen molar-refractivity contribution < 1.29 is 25.3 Å². The van der Waals surface area contributed by atoms with Crippen molar-refractivity contribution in [1.82, 2.24) is 29.9 Å². The van der Waals surface area contributed by atoms with Gasteiger partial charge in [-0.2, -0.15) is 38.4 Å². The molecule has 0 amide bonds. The lowest BCUT2D eigenvalue weighted by Crippen LogP contribution is -2.01. The maximum Gasteiger partial charge on any atom is 0.299 e. The first-order valence-corrected chi connectivity index (χ1v) is 24.2. The van der Waals surface area contributed by atoms with Gasteiger partial charge in [0.1, 0.15) is 0 Å². The van der Waals surface area contributed by atoms with E-state index < -0.39 is 30.1 Å². The highest BCUT2D eigenvalue weighted by Gasteiger charge is 2.16. The fraction of sp³-hybridized carbons (Fsp3) is 0.0625. The molecule has 0 atom stereocenters. The number of sulfonamides is 3. The van der Waals surface area contributed by atoms with Gasteiger partial charge in [-0.1, -0.05) is 84.9 Å². The summed E-state index contributed by atoms with van der Waals surface area (Å²) in [4.78, 5) is 24.1. The Morgan fingerprint density at radius 1 is 0.379 bits per heavy atom. The Bertz CT molecular complexity index is 3210. The molecule has 0 bridgehead atoms. The molecule has 0 aliphatic heterocycles. The van der Waals surface area contributed by atoms with E-state index in [0.717, 1.165) is 49.2 Å². The van der Waals surface area contributed by atoms with Crippen LogP contribution in [-0.2, 0) is 30.1 Å². The van der Waals surface area contributed by atoms with E-state index >= 15 is 0 Å². The first-order chi connectivity index (χ1) is 31.7. The summed E-state index contributed by atoms with van der Waals surface area (Å²) in [6.07, 6.45) is 16.8. The summed E-state index contributed by atoms with van der Waals surface area (Å²) in [6, 6.07) is 33.7. The van der Waals surface area contributed by atoms with Crippen LogP contribution in [0.25, 0.3) is 32.4 Å². The van der Waals surface area contributed by atoms with Gasteiger partial charge in [0, 0.05) is 101 Å². The summed E-state index contributed by atoms with van der Waals surface area (Å²) < 4.78 is 84.2. The van der Waals surface area contributed by atoms with Crippen LogP contribution >= 0.6 is 0 Å². The maximum absolute atomic E-state index is 12.2. The quantitative estimate of drug-likeness (QED) is 0.125. The highest BCUT2D eigenvalue weighted by Crippen LogP contribution is 2.20. The summed E-state index contributed by atoms with van der Waals surface area (Å²) in [5, 5.41) is 4.38.